The molecule has 1 fully saturated rings. The van der Waals surface area contributed by atoms with Crippen LogP contribution in [0.4, 0.5) is 0 Å². The highest BCUT2D eigenvalue weighted by Crippen LogP contribution is 2.13. The fourth-order valence-corrected chi connectivity index (χ4v) is 1.91. The molecule has 2 aliphatic heterocycles. The summed E-state index contributed by atoms with van der Waals surface area (Å²) < 4.78 is 1.18. The molecule has 5 heteroatoms. The number of rotatable bonds is 1. The van der Waals surface area contributed by atoms with Crippen LogP contribution < -0.4 is 5.32 Å². The molecule has 1 amide bonds. The summed E-state index contributed by atoms with van der Waals surface area (Å²) in [6.07, 6.45) is 5.76. The van der Waals surface area contributed by atoms with Crippen molar-refractivity contribution in [2.24, 2.45) is 4.99 Å². The number of nitrogens with one attached hydrogen (secondary N) is 1. The molecule has 0 saturated carbocycles. The number of halogens is 1. The average Bonchev–Trinajstić information content (AvgIpc) is 2.44. The molecule has 0 radical (unpaired) electrons. The van der Waals surface area contributed by atoms with Gasteiger partial charge in [0.25, 0.3) is 0 Å². The third kappa shape index (κ3) is 2.66. The highest BCUT2D eigenvalue weighted by molar-refractivity contribution is 14.1. The van der Waals surface area contributed by atoms with Gasteiger partial charge >= 0.3 is 0 Å². The van der Waals surface area contributed by atoms with Crippen molar-refractivity contribution >= 4 is 34.7 Å². The van der Waals surface area contributed by atoms with E-state index < -0.39 is 0 Å². The summed E-state index contributed by atoms with van der Waals surface area (Å²) in [6, 6.07) is 0. The predicted octanol–water partition coefficient (Wildman–Crippen LogP) is 0.705. The van der Waals surface area contributed by atoms with Gasteiger partial charge in [0.05, 0.1) is 18.8 Å². The molecule has 0 unspecified atom stereocenters. The minimum atomic E-state index is 0.115. The summed E-state index contributed by atoms with van der Waals surface area (Å²) in [5.41, 5.74) is 0.896. The first-order chi connectivity index (χ1) is 7.27. The monoisotopic (exact) mass is 317 g/mol. The number of hydrogen-bond acceptors (Lipinski definition) is 3. The summed E-state index contributed by atoms with van der Waals surface area (Å²) in [6.45, 7) is 2.70. The molecule has 0 aromatic rings. The Morgan fingerprint density at radius 1 is 1.47 bits per heavy atom. The smallest absolute Gasteiger partial charge is 0.241 e. The lowest BCUT2D eigenvalue weighted by Gasteiger charge is -2.27. The van der Waals surface area contributed by atoms with E-state index in [1.165, 1.54) is 3.58 Å². The van der Waals surface area contributed by atoms with Gasteiger partial charge in [0.2, 0.25) is 5.91 Å². The number of allylic oxidation sites excluding steroid dienone is 3. The number of carbonyl (C=O) groups is 1. The quantitative estimate of drug-likeness (QED) is 0.724. The SMILES string of the molecule is O=C1CNCCN1C1=CC=C(I)CN=C1. The van der Waals surface area contributed by atoms with E-state index in [-0.39, 0.29) is 5.91 Å². The summed E-state index contributed by atoms with van der Waals surface area (Å²) in [5.74, 6) is 0.115. The number of piperazine rings is 1. The van der Waals surface area contributed by atoms with E-state index in [2.05, 4.69) is 32.9 Å². The number of carbonyl (C=O) groups excluding carboxylic acids is 1. The van der Waals surface area contributed by atoms with Crippen molar-refractivity contribution in [3.8, 4) is 0 Å². The van der Waals surface area contributed by atoms with Gasteiger partial charge in [-0.1, -0.05) is 0 Å². The lowest BCUT2D eigenvalue weighted by atomic mass is 10.3. The molecule has 0 aromatic carbocycles. The third-order valence-electron chi connectivity index (χ3n) is 2.30. The van der Waals surface area contributed by atoms with E-state index in [9.17, 15) is 4.79 Å². The summed E-state index contributed by atoms with van der Waals surface area (Å²) in [5, 5.41) is 3.05. The van der Waals surface area contributed by atoms with Crippen molar-refractivity contribution in [1.82, 2.24) is 10.2 Å². The van der Waals surface area contributed by atoms with Crippen LogP contribution in [-0.4, -0.2) is 43.2 Å². The first-order valence-electron chi connectivity index (χ1n) is 4.84. The molecule has 4 nitrogen and oxygen atoms in total. The van der Waals surface area contributed by atoms with Crippen molar-refractivity contribution in [3.63, 3.8) is 0 Å². The minimum absolute atomic E-state index is 0.115. The molecule has 80 valence electrons. The zero-order chi connectivity index (χ0) is 10.7. The molecule has 0 spiro atoms. The van der Waals surface area contributed by atoms with E-state index in [0.29, 0.717) is 13.1 Å². The Kier molecular flexibility index (Phi) is 3.53. The number of hydrogen-bond donors (Lipinski definition) is 1. The van der Waals surface area contributed by atoms with Crippen molar-refractivity contribution in [1.29, 1.82) is 0 Å². The van der Waals surface area contributed by atoms with Crippen molar-refractivity contribution < 1.29 is 4.79 Å². The fraction of sp³-hybridized carbons (Fsp3) is 0.400. The third-order valence-corrected chi connectivity index (χ3v) is 3.00. The first-order valence-corrected chi connectivity index (χ1v) is 5.92. The Bertz CT molecular complexity index is 360. The molecule has 15 heavy (non-hydrogen) atoms. The van der Waals surface area contributed by atoms with Crippen LogP contribution in [0, 0.1) is 0 Å². The Hall–Kier alpha value is -0.690. The predicted molar refractivity (Wildman–Crippen MR) is 68.1 cm³/mol. The molecular weight excluding hydrogens is 305 g/mol. The van der Waals surface area contributed by atoms with Gasteiger partial charge in [-0.05, 0) is 34.7 Å². The van der Waals surface area contributed by atoms with E-state index in [0.717, 1.165) is 18.8 Å². The van der Waals surface area contributed by atoms with E-state index >= 15 is 0 Å². The summed E-state index contributed by atoms with van der Waals surface area (Å²) in [7, 11) is 0. The largest absolute Gasteiger partial charge is 0.309 e. The molecule has 2 heterocycles. The van der Waals surface area contributed by atoms with E-state index in [1.807, 2.05) is 12.2 Å². The normalized spacial score (nSPS) is 22.2. The fourth-order valence-electron chi connectivity index (χ4n) is 1.54. The van der Waals surface area contributed by atoms with Crippen molar-refractivity contribution in [3.05, 3.63) is 21.4 Å². The van der Waals surface area contributed by atoms with Gasteiger partial charge in [-0.25, -0.2) is 0 Å². The second kappa shape index (κ2) is 4.89. The Morgan fingerprint density at radius 2 is 2.33 bits per heavy atom. The molecule has 0 atom stereocenters. The Morgan fingerprint density at radius 3 is 3.13 bits per heavy atom. The average molecular weight is 317 g/mol. The summed E-state index contributed by atoms with van der Waals surface area (Å²) in [4.78, 5) is 17.7. The summed E-state index contributed by atoms with van der Waals surface area (Å²) >= 11 is 2.25. The lowest BCUT2D eigenvalue weighted by molar-refractivity contribution is -0.129. The van der Waals surface area contributed by atoms with Gasteiger partial charge < -0.3 is 10.2 Å². The number of aliphatic imine (C=N–C) groups is 1. The van der Waals surface area contributed by atoms with E-state index in [4.69, 9.17) is 0 Å². The molecule has 2 rings (SSSR count). The molecule has 0 bridgehead atoms. The molecule has 1 saturated heterocycles. The van der Waals surface area contributed by atoms with Gasteiger partial charge in [0, 0.05) is 22.9 Å². The number of nitrogens with zero attached hydrogens (tertiary/aromatic N) is 2. The Balaban J connectivity index is 2.18. The first kappa shape index (κ1) is 10.8. The van der Waals surface area contributed by atoms with Gasteiger partial charge in [-0.2, -0.15) is 0 Å². The van der Waals surface area contributed by atoms with Crippen molar-refractivity contribution in [2.75, 3.05) is 26.2 Å². The van der Waals surface area contributed by atoms with E-state index in [1.54, 1.807) is 11.1 Å². The molecule has 2 aliphatic rings. The maximum absolute atomic E-state index is 11.6. The molecule has 0 aromatic heterocycles. The zero-order valence-corrected chi connectivity index (χ0v) is 10.4. The highest BCUT2D eigenvalue weighted by atomic mass is 127. The topological polar surface area (TPSA) is 44.7 Å². The van der Waals surface area contributed by atoms with Crippen LogP contribution in [-0.2, 0) is 4.79 Å². The highest BCUT2D eigenvalue weighted by Gasteiger charge is 2.20. The maximum atomic E-state index is 11.6. The standard InChI is InChI=1S/C10H12IN3O/c11-8-1-2-9(6-13-5-8)14-4-3-12-7-10(14)15/h1-2,6,12H,3-5,7H2. The van der Waals surface area contributed by atoms with Crippen LogP contribution in [0.2, 0.25) is 0 Å². The van der Waals surface area contributed by atoms with Gasteiger partial charge in [-0.3, -0.25) is 9.79 Å². The minimum Gasteiger partial charge on any atom is -0.309 e. The molecule has 1 N–H and O–H groups in total. The number of amides is 1. The second-order valence-corrected chi connectivity index (χ2v) is 4.78. The van der Waals surface area contributed by atoms with Crippen LogP contribution in [0.15, 0.2) is 26.4 Å². The van der Waals surface area contributed by atoms with Gasteiger partial charge in [0.1, 0.15) is 0 Å². The van der Waals surface area contributed by atoms with Crippen LogP contribution in [0.1, 0.15) is 0 Å². The second-order valence-electron chi connectivity index (χ2n) is 3.40. The maximum Gasteiger partial charge on any atom is 0.241 e. The van der Waals surface area contributed by atoms with Crippen LogP contribution in [0.5, 0.6) is 0 Å². The van der Waals surface area contributed by atoms with Crippen LogP contribution in [0.3, 0.4) is 0 Å². The molecule has 0 aliphatic carbocycles. The van der Waals surface area contributed by atoms with Gasteiger partial charge in [0.15, 0.2) is 0 Å². The van der Waals surface area contributed by atoms with Gasteiger partial charge in [-0.15, -0.1) is 0 Å². The molecular formula is C10H12IN3O. The van der Waals surface area contributed by atoms with Crippen LogP contribution >= 0.6 is 22.6 Å². The lowest BCUT2D eigenvalue weighted by Crippen LogP contribution is -2.47. The zero-order valence-electron chi connectivity index (χ0n) is 8.24. The Labute approximate surface area is 102 Å². The van der Waals surface area contributed by atoms with Crippen LogP contribution in [0.25, 0.3) is 0 Å². The van der Waals surface area contributed by atoms with Crippen molar-refractivity contribution in [2.45, 2.75) is 0 Å².